The summed E-state index contributed by atoms with van der Waals surface area (Å²) >= 11 is 0. The second-order valence-corrected chi connectivity index (χ2v) is 4.29. The zero-order valence-electron chi connectivity index (χ0n) is 10.5. The fraction of sp³-hybridized carbons (Fsp3) is 0.538. The minimum atomic E-state index is -4.34. The Bertz CT molecular complexity index is 375. The first-order valence-corrected chi connectivity index (χ1v) is 6.15. The van der Waals surface area contributed by atoms with Gasteiger partial charge >= 0.3 is 6.18 Å². The van der Waals surface area contributed by atoms with E-state index in [0.29, 0.717) is 5.69 Å². The maximum Gasteiger partial charge on any atom is 0.416 e. The number of nitrogens with two attached hydrogens (primary N) is 1. The first-order chi connectivity index (χ1) is 8.45. The molecule has 0 saturated carbocycles. The highest BCUT2D eigenvalue weighted by Crippen LogP contribution is 2.32. The number of alkyl halides is 3. The third-order valence-corrected chi connectivity index (χ3v) is 2.72. The standard InChI is InChI=1S/C13H19F3N2/c1-2-3-4-5-8-18-12-7-6-10(9-11(12)17)13(14,15)16/h6-7,9,18H,2-5,8,17H2,1H3. The van der Waals surface area contributed by atoms with Crippen LogP contribution in [0.4, 0.5) is 24.5 Å². The van der Waals surface area contributed by atoms with Crippen LogP contribution in [0.3, 0.4) is 0 Å². The van der Waals surface area contributed by atoms with Gasteiger partial charge in [0.2, 0.25) is 0 Å². The molecular weight excluding hydrogens is 241 g/mol. The van der Waals surface area contributed by atoms with E-state index in [4.69, 9.17) is 5.73 Å². The van der Waals surface area contributed by atoms with Gasteiger partial charge in [0, 0.05) is 6.54 Å². The van der Waals surface area contributed by atoms with Crippen molar-refractivity contribution in [2.45, 2.75) is 38.8 Å². The van der Waals surface area contributed by atoms with Gasteiger partial charge in [-0.1, -0.05) is 26.2 Å². The number of nitrogen functional groups attached to an aromatic ring is 1. The van der Waals surface area contributed by atoms with Crippen LogP contribution in [0.25, 0.3) is 0 Å². The zero-order chi connectivity index (χ0) is 13.6. The van der Waals surface area contributed by atoms with Crippen molar-refractivity contribution < 1.29 is 13.2 Å². The highest BCUT2D eigenvalue weighted by molar-refractivity contribution is 5.67. The third-order valence-electron chi connectivity index (χ3n) is 2.72. The van der Waals surface area contributed by atoms with Gasteiger partial charge in [-0.15, -0.1) is 0 Å². The average molecular weight is 260 g/mol. The summed E-state index contributed by atoms with van der Waals surface area (Å²) in [7, 11) is 0. The van der Waals surface area contributed by atoms with Gasteiger partial charge in [-0.25, -0.2) is 0 Å². The number of unbranched alkanes of at least 4 members (excludes halogenated alkanes) is 3. The first kappa shape index (κ1) is 14.7. The molecule has 0 saturated heterocycles. The lowest BCUT2D eigenvalue weighted by molar-refractivity contribution is -0.137. The molecular formula is C13H19F3N2. The number of hydrogen-bond donors (Lipinski definition) is 2. The SMILES string of the molecule is CCCCCCNc1ccc(C(F)(F)F)cc1N. The van der Waals surface area contributed by atoms with Crippen LogP contribution in [0.1, 0.15) is 38.2 Å². The predicted molar refractivity (Wildman–Crippen MR) is 68.5 cm³/mol. The maximum atomic E-state index is 12.4. The summed E-state index contributed by atoms with van der Waals surface area (Å²) in [6.07, 6.45) is 0.0959. The highest BCUT2D eigenvalue weighted by Gasteiger charge is 2.30. The van der Waals surface area contributed by atoms with Crippen LogP contribution in [0.15, 0.2) is 18.2 Å². The number of rotatable bonds is 6. The lowest BCUT2D eigenvalue weighted by Gasteiger charge is -2.12. The minimum absolute atomic E-state index is 0.139. The van der Waals surface area contributed by atoms with Gasteiger partial charge < -0.3 is 11.1 Å². The Morgan fingerprint density at radius 1 is 1.17 bits per heavy atom. The quantitative estimate of drug-likeness (QED) is 0.591. The second kappa shape index (κ2) is 6.52. The zero-order valence-corrected chi connectivity index (χ0v) is 10.5. The number of hydrogen-bond acceptors (Lipinski definition) is 2. The Hall–Kier alpha value is -1.39. The molecule has 102 valence electrons. The summed E-state index contributed by atoms with van der Waals surface area (Å²) in [5, 5.41) is 3.06. The van der Waals surface area contributed by atoms with E-state index in [1.807, 2.05) is 0 Å². The van der Waals surface area contributed by atoms with E-state index in [9.17, 15) is 13.2 Å². The topological polar surface area (TPSA) is 38.0 Å². The fourth-order valence-corrected chi connectivity index (χ4v) is 1.67. The van der Waals surface area contributed by atoms with Crippen LogP contribution in [-0.2, 0) is 6.18 Å². The van der Waals surface area contributed by atoms with Gasteiger partial charge in [0.1, 0.15) is 0 Å². The van der Waals surface area contributed by atoms with E-state index in [-0.39, 0.29) is 5.69 Å². The van der Waals surface area contributed by atoms with Gasteiger partial charge in [-0.2, -0.15) is 13.2 Å². The molecule has 0 fully saturated rings. The van der Waals surface area contributed by atoms with Crippen LogP contribution >= 0.6 is 0 Å². The van der Waals surface area contributed by atoms with E-state index in [1.165, 1.54) is 12.5 Å². The largest absolute Gasteiger partial charge is 0.416 e. The van der Waals surface area contributed by atoms with E-state index >= 15 is 0 Å². The molecule has 2 nitrogen and oxygen atoms in total. The normalized spacial score (nSPS) is 11.6. The predicted octanol–water partition coefficient (Wildman–Crippen LogP) is 4.28. The van der Waals surface area contributed by atoms with Crippen LogP contribution in [0.5, 0.6) is 0 Å². The van der Waals surface area contributed by atoms with Crippen molar-refractivity contribution in [3.8, 4) is 0 Å². The van der Waals surface area contributed by atoms with Gasteiger partial charge in [0.15, 0.2) is 0 Å². The third kappa shape index (κ3) is 4.47. The summed E-state index contributed by atoms with van der Waals surface area (Å²) in [5.41, 5.74) is 5.59. The molecule has 1 aromatic rings. The molecule has 0 aromatic heterocycles. The fourth-order valence-electron chi connectivity index (χ4n) is 1.67. The van der Waals surface area contributed by atoms with Crippen molar-refractivity contribution in [3.05, 3.63) is 23.8 Å². The molecule has 0 spiro atoms. The molecule has 0 bridgehead atoms. The maximum absolute atomic E-state index is 12.4. The Morgan fingerprint density at radius 2 is 1.89 bits per heavy atom. The van der Waals surface area contributed by atoms with Crippen LogP contribution in [0.2, 0.25) is 0 Å². The van der Waals surface area contributed by atoms with E-state index < -0.39 is 11.7 Å². The highest BCUT2D eigenvalue weighted by atomic mass is 19.4. The Morgan fingerprint density at radius 3 is 2.44 bits per heavy atom. The molecule has 5 heteroatoms. The molecule has 3 N–H and O–H groups in total. The van der Waals surface area contributed by atoms with Crippen molar-refractivity contribution in [2.24, 2.45) is 0 Å². The average Bonchev–Trinajstić information content (AvgIpc) is 2.29. The Labute approximate surface area is 105 Å². The van der Waals surface area contributed by atoms with Crippen molar-refractivity contribution >= 4 is 11.4 Å². The van der Waals surface area contributed by atoms with Crippen molar-refractivity contribution in [1.29, 1.82) is 0 Å². The number of benzene rings is 1. The smallest absolute Gasteiger partial charge is 0.397 e. The molecule has 18 heavy (non-hydrogen) atoms. The summed E-state index contributed by atoms with van der Waals surface area (Å²) in [5.74, 6) is 0. The van der Waals surface area contributed by atoms with Crippen LogP contribution < -0.4 is 11.1 Å². The summed E-state index contributed by atoms with van der Waals surface area (Å²) in [6, 6.07) is 3.40. The van der Waals surface area contributed by atoms with Crippen molar-refractivity contribution in [2.75, 3.05) is 17.6 Å². The number of halogens is 3. The molecule has 0 aliphatic heterocycles. The molecule has 1 rings (SSSR count). The molecule has 0 radical (unpaired) electrons. The monoisotopic (exact) mass is 260 g/mol. The van der Waals surface area contributed by atoms with Gasteiger partial charge in [0.25, 0.3) is 0 Å². The first-order valence-electron chi connectivity index (χ1n) is 6.15. The molecule has 1 aromatic carbocycles. The number of anilines is 2. The Balaban J connectivity index is 2.53. The molecule has 0 heterocycles. The van der Waals surface area contributed by atoms with Crippen LogP contribution in [0, 0.1) is 0 Å². The summed E-state index contributed by atoms with van der Waals surface area (Å²) in [6.45, 7) is 2.86. The minimum Gasteiger partial charge on any atom is -0.397 e. The lowest BCUT2D eigenvalue weighted by Crippen LogP contribution is -2.08. The molecule has 0 amide bonds. The van der Waals surface area contributed by atoms with Gasteiger partial charge in [0.05, 0.1) is 16.9 Å². The number of nitrogens with one attached hydrogen (secondary N) is 1. The molecule has 0 unspecified atom stereocenters. The second-order valence-electron chi connectivity index (χ2n) is 4.29. The van der Waals surface area contributed by atoms with Crippen molar-refractivity contribution in [3.63, 3.8) is 0 Å². The molecule has 0 aliphatic carbocycles. The van der Waals surface area contributed by atoms with Gasteiger partial charge in [-0.05, 0) is 24.6 Å². The lowest BCUT2D eigenvalue weighted by atomic mass is 10.1. The van der Waals surface area contributed by atoms with E-state index in [0.717, 1.165) is 37.9 Å². The van der Waals surface area contributed by atoms with Gasteiger partial charge in [-0.3, -0.25) is 0 Å². The molecule has 0 aliphatic rings. The van der Waals surface area contributed by atoms with E-state index in [1.54, 1.807) is 0 Å². The van der Waals surface area contributed by atoms with E-state index in [2.05, 4.69) is 12.2 Å². The summed E-state index contributed by atoms with van der Waals surface area (Å²) in [4.78, 5) is 0. The Kier molecular flexibility index (Phi) is 5.31. The van der Waals surface area contributed by atoms with Crippen molar-refractivity contribution in [1.82, 2.24) is 0 Å². The molecule has 0 atom stereocenters. The summed E-state index contributed by atoms with van der Waals surface area (Å²) < 4.78 is 37.2. The van der Waals surface area contributed by atoms with Crippen LogP contribution in [-0.4, -0.2) is 6.54 Å².